The van der Waals surface area contributed by atoms with E-state index in [4.69, 9.17) is 9.47 Å². The highest BCUT2D eigenvalue weighted by atomic mass is 16.5. The average Bonchev–Trinajstić information content (AvgIpc) is 2.39. The van der Waals surface area contributed by atoms with E-state index in [2.05, 4.69) is 11.6 Å². The van der Waals surface area contributed by atoms with Crippen LogP contribution >= 0.6 is 0 Å². The molecular formula is C14H15NO3. The topological polar surface area (TPSA) is 51.3 Å². The molecule has 1 N–H and O–H groups in total. The fourth-order valence-electron chi connectivity index (χ4n) is 2.04. The van der Waals surface area contributed by atoms with E-state index in [9.17, 15) is 4.79 Å². The van der Waals surface area contributed by atoms with Crippen LogP contribution < -0.4 is 15.0 Å². The summed E-state index contributed by atoms with van der Waals surface area (Å²) in [5.41, 5.74) is 1.05. The van der Waals surface area contributed by atoms with Gasteiger partial charge in [-0.15, -0.1) is 6.58 Å². The van der Waals surface area contributed by atoms with Gasteiger partial charge in [0.2, 0.25) is 0 Å². The summed E-state index contributed by atoms with van der Waals surface area (Å²) in [5.74, 6) is 1.20. The maximum atomic E-state index is 12.0. The number of hydrogen-bond acceptors (Lipinski definition) is 3. The summed E-state index contributed by atoms with van der Waals surface area (Å²) in [5, 5.41) is 0.827. The van der Waals surface area contributed by atoms with Crippen molar-refractivity contribution in [1.29, 1.82) is 0 Å². The van der Waals surface area contributed by atoms with Crippen molar-refractivity contribution >= 4 is 10.9 Å². The van der Waals surface area contributed by atoms with Gasteiger partial charge in [-0.3, -0.25) is 4.79 Å². The quantitative estimate of drug-likeness (QED) is 0.841. The van der Waals surface area contributed by atoms with Crippen LogP contribution in [0.3, 0.4) is 0 Å². The zero-order valence-electron chi connectivity index (χ0n) is 10.4. The fourth-order valence-corrected chi connectivity index (χ4v) is 2.04. The molecule has 0 aliphatic rings. The van der Waals surface area contributed by atoms with Crippen LogP contribution in [0.1, 0.15) is 5.56 Å². The molecule has 4 nitrogen and oxygen atoms in total. The predicted octanol–water partition coefficient (Wildman–Crippen LogP) is 2.27. The van der Waals surface area contributed by atoms with E-state index in [-0.39, 0.29) is 5.56 Å². The minimum atomic E-state index is -0.177. The lowest BCUT2D eigenvalue weighted by molar-refractivity contribution is 0.411. The van der Waals surface area contributed by atoms with Gasteiger partial charge in [-0.05, 0) is 18.6 Å². The van der Waals surface area contributed by atoms with Gasteiger partial charge in [0, 0.05) is 5.39 Å². The number of rotatable bonds is 4. The first-order valence-electron chi connectivity index (χ1n) is 5.59. The van der Waals surface area contributed by atoms with Crippen molar-refractivity contribution in [3.8, 4) is 11.5 Å². The van der Waals surface area contributed by atoms with E-state index < -0.39 is 0 Å². The smallest absolute Gasteiger partial charge is 0.255 e. The van der Waals surface area contributed by atoms with E-state index in [1.807, 2.05) is 12.1 Å². The van der Waals surface area contributed by atoms with Gasteiger partial charge in [-0.25, -0.2) is 0 Å². The number of H-pyrrole nitrogens is 1. The van der Waals surface area contributed by atoms with Crippen molar-refractivity contribution in [2.45, 2.75) is 6.42 Å². The van der Waals surface area contributed by atoms with Crippen LogP contribution in [0.5, 0.6) is 11.5 Å². The number of fused-ring (bicyclic) bond motifs is 1. The van der Waals surface area contributed by atoms with Crippen LogP contribution in [-0.2, 0) is 6.42 Å². The summed E-state index contributed by atoms with van der Waals surface area (Å²) in [6.07, 6.45) is 2.14. The van der Waals surface area contributed by atoms with Crippen LogP contribution in [0.15, 0.2) is 35.6 Å². The Hall–Kier alpha value is -2.23. The zero-order valence-corrected chi connectivity index (χ0v) is 10.4. The molecule has 0 saturated heterocycles. The van der Waals surface area contributed by atoms with E-state index >= 15 is 0 Å². The molecule has 18 heavy (non-hydrogen) atoms. The van der Waals surface area contributed by atoms with Crippen molar-refractivity contribution in [2.24, 2.45) is 0 Å². The van der Waals surface area contributed by atoms with Gasteiger partial charge in [-0.1, -0.05) is 12.1 Å². The lowest BCUT2D eigenvalue weighted by Gasteiger charge is -2.12. The first-order valence-corrected chi connectivity index (χ1v) is 5.59. The number of aromatic nitrogens is 1. The zero-order chi connectivity index (χ0) is 13.1. The third-order valence-corrected chi connectivity index (χ3v) is 2.83. The van der Waals surface area contributed by atoms with Gasteiger partial charge in [0.1, 0.15) is 11.5 Å². The molecule has 0 aliphatic heterocycles. The predicted molar refractivity (Wildman–Crippen MR) is 71.6 cm³/mol. The minimum Gasteiger partial charge on any atom is -0.496 e. The number of allylic oxidation sites excluding steroid dienone is 1. The van der Waals surface area contributed by atoms with E-state index in [1.54, 1.807) is 26.4 Å². The Kier molecular flexibility index (Phi) is 3.37. The average molecular weight is 245 g/mol. The molecule has 1 heterocycles. The molecule has 0 atom stereocenters. The Morgan fingerprint density at radius 1 is 1.33 bits per heavy atom. The third-order valence-electron chi connectivity index (χ3n) is 2.83. The van der Waals surface area contributed by atoms with E-state index in [0.717, 1.165) is 5.39 Å². The molecule has 0 aliphatic carbocycles. The molecule has 1 aromatic heterocycles. The second-order valence-corrected chi connectivity index (χ2v) is 3.84. The standard InChI is InChI=1S/C14H15NO3/c1-4-6-10-13(18-3)9-7-5-8-11(17-2)12(9)15-14(10)16/h4-5,7-8H,1,6H2,2-3H3,(H,15,16). The van der Waals surface area contributed by atoms with Crippen molar-refractivity contribution in [3.63, 3.8) is 0 Å². The van der Waals surface area contributed by atoms with Gasteiger partial charge in [0.05, 0.1) is 25.3 Å². The molecule has 0 saturated carbocycles. The molecule has 2 rings (SSSR count). The number of benzene rings is 1. The molecule has 1 aromatic carbocycles. The first kappa shape index (κ1) is 12.2. The van der Waals surface area contributed by atoms with Crippen molar-refractivity contribution in [3.05, 3.63) is 46.8 Å². The number of para-hydroxylation sites is 1. The number of aromatic amines is 1. The highest BCUT2D eigenvalue weighted by Gasteiger charge is 2.14. The summed E-state index contributed by atoms with van der Waals surface area (Å²) in [7, 11) is 3.12. The number of nitrogens with one attached hydrogen (secondary N) is 1. The Balaban J connectivity index is 2.87. The van der Waals surface area contributed by atoms with E-state index in [1.165, 1.54) is 0 Å². The number of pyridine rings is 1. The normalized spacial score (nSPS) is 10.3. The van der Waals surface area contributed by atoms with E-state index in [0.29, 0.717) is 29.0 Å². The van der Waals surface area contributed by atoms with Crippen molar-refractivity contribution < 1.29 is 9.47 Å². The molecule has 94 valence electrons. The van der Waals surface area contributed by atoms with Gasteiger partial charge >= 0.3 is 0 Å². The summed E-state index contributed by atoms with van der Waals surface area (Å²) < 4.78 is 10.6. The third kappa shape index (κ3) is 1.86. The van der Waals surface area contributed by atoms with Crippen LogP contribution in [0.4, 0.5) is 0 Å². The second-order valence-electron chi connectivity index (χ2n) is 3.84. The van der Waals surface area contributed by atoms with Gasteiger partial charge < -0.3 is 14.5 Å². The van der Waals surface area contributed by atoms with Gasteiger partial charge in [-0.2, -0.15) is 0 Å². The summed E-state index contributed by atoms with van der Waals surface area (Å²) in [6, 6.07) is 5.55. The lowest BCUT2D eigenvalue weighted by atomic mass is 10.1. The molecule has 4 heteroatoms. The largest absolute Gasteiger partial charge is 0.496 e. The number of ether oxygens (including phenoxy) is 2. The summed E-state index contributed by atoms with van der Waals surface area (Å²) >= 11 is 0. The maximum Gasteiger partial charge on any atom is 0.255 e. The molecule has 0 fully saturated rings. The summed E-state index contributed by atoms with van der Waals surface area (Å²) in [4.78, 5) is 14.9. The molecule has 0 spiro atoms. The number of methoxy groups -OCH3 is 2. The van der Waals surface area contributed by atoms with Crippen molar-refractivity contribution in [2.75, 3.05) is 14.2 Å². The lowest BCUT2D eigenvalue weighted by Crippen LogP contribution is -2.14. The van der Waals surface area contributed by atoms with Crippen LogP contribution in [0.2, 0.25) is 0 Å². The Labute approximate surface area is 105 Å². The Morgan fingerprint density at radius 2 is 2.11 bits per heavy atom. The first-order chi connectivity index (χ1) is 8.72. The molecular weight excluding hydrogens is 230 g/mol. The monoisotopic (exact) mass is 245 g/mol. The minimum absolute atomic E-state index is 0.177. The summed E-state index contributed by atoms with van der Waals surface area (Å²) in [6.45, 7) is 3.65. The fraction of sp³-hybridized carbons (Fsp3) is 0.214. The maximum absolute atomic E-state index is 12.0. The number of hydrogen-bond donors (Lipinski definition) is 1. The molecule has 0 radical (unpaired) electrons. The van der Waals surface area contributed by atoms with Crippen LogP contribution in [0.25, 0.3) is 10.9 Å². The molecule has 0 amide bonds. The Bertz CT molecular complexity index is 643. The van der Waals surface area contributed by atoms with Crippen molar-refractivity contribution in [1.82, 2.24) is 4.98 Å². The SMILES string of the molecule is C=CCc1c(OC)c2cccc(OC)c2[nH]c1=O. The van der Waals surface area contributed by atoms with Crippen LogP contribution in [0, 0.1) is 0 Å². The van der Waals surface area contributed by atoms with Crippen LogP contribution in [-0.4, -0.2) is 19.2 Å². The molecule has 2 aromatic rings. The second kappa shape index (κ2) is 4.96. The molecule has 0 unspecified atom stereocenters. The highest BCUT2D eigenvalue weighted by molar-refractivity contribution is 5.90. The Morgan fingerprint density at radius 3 is 2.72 bits per heavy atom. The van der Waals surface area contributed by atoms with Gasteiger partial charge in [0.15, 0.2) is 0 Å². The van der Waals surface area contributed by atoms with Gasteiger partial charge in [0.25, 0.3) is 5.56 Å². The molecule has 0 bridgehead atoms. The highest BCUT2D eigenvalue weighted by Crippen LogP contribution is 2.31.